The number of ether oxygens (including phenoxy) is 1. The maximum atomic E-state index is 5.97. The van der Waals surface area contributed by atoms with E-state index in [1.165, 1.54) is 5.56 Å². The van der Waals surface area contributed by atoms with Crippen molar-refractivity contribution in [1.29, 1.82) is 0 Å². The van der Waals surface area contributed by atoms with Crippen molar-refractivity contribution < 1.29 is 4.74 Å². The molecule has 0 radical (unpaired) electrons. The summed E-state index contributed by atoms with van der Waals surface area (Å²) < 4.78 is 5.25. The van der Waals surface area contributed by atoms with Crippen LogP contribution in [0.3, 0.4) is 0 Å². The van der Waals surface area contributed by atoms with Gasteiger partial charge in [0.2, 0.25) is 0 Å². The van der Waals surface area contributed by atoms with Crippen LogP contribution >= 0.6 is 11.6 Å². The fourth-order valence-corrected chi connectivity index (χ4v) is 2.28. The van der Waals surface area contributed by atoms with E-state index >= 15 is 0 Å². The molecular weight excluding hydrogens is 234 g/mol. The Bertz CT molecular complexity index is 376. The van der Waals surface area contributed by atoms with Gasteiger partial charge in [0, 0.05) is 23.0 Å². The van der Waals surface area contributed by atoms with Crippen LogP contribution in [0.15, 0.2) is 24.3 Å². The summed E-state index contributed by atoms with van der Waals surface area (Å²) in [5.74, 6) is 0. The van der Waals surface area contributed by atoms with Crippen LogP contribution in [0.1, 0.15) is 19.4 Å². The van der Waals surface area contributed by atoms with Crippen molar-refractivity contribution >= 4 is 11.6 Å². The lowest BCUT2D eigenvalue weighted by molar-refractivity contribution is -0.0998. The summed E-state index contributed by atoms with van der Waals surface area (Å²) in [6.07, 6.45) is 1.01. The highest BCUT2D eigenvalue weighted by atomic mass is 35.5. The van der Waals surface area contributed by atoms with Gasteiger partial charge in [-0.2, -0.15) is 0 Å². The van der Waals surface area contributed by atoms with Crippen LogP contribution in [0.2, 0.25) is 5.02 Å². The van der Waals surface area contributed by atoms with Gasteiger partial charge < -0.3 is 10.1 Å². The van der Waals surface area contributed by atoms with Gasteiger partial charge in [0.1, 0.15) is 0 Å². The molecule has 0 aromatic heterocycles. The SMILES string of the molecule is CC(Cc1cccc(Cl)c1)NCC1(C)COC1. The lowest BCUT2D eigenvalue weighted by Crippen LogP contribution is -2.49. The molecular formula is C14H20ClNO. The quantitative estimate of drug-likeness (QED) is 0.871. The van der Waals surface area contributed by atoms with Crippen molar-refractivity contribution in [3.63, 3.8) is 0 Å². The molecule has 2 rings (SSSR count). The molecule has 1 atom stereocenters. The summed E-state index contributed by atoms with van der Waals surface area (Å²) in [6.45, 7) is 7.25. The second-order valence-electron chi connectivity index (χ2n) is 5.42. The normalized spacial score (nSPS) is 19.7. The molecule has 1 aliphatic rings. The van der Waals surface area contributed by atoms with Gasteiger partial charge in [0.05, 0.1) is 13.2 Å². The van der Waals surface area contributed by atoms with E-state index in [1.54, 1.807) is 0 Å². The van der Waals surface area contributed by atoms with E-state index in [0.29, 0.717) is 11.5 Å². The Balaban J connectivity index is 1.78. The molecule has 0 bridgehead atoms. The minimum Gasteiger partial charge on any atom is -0.380 e. The third kappa shape index (κ3) is 3.70. The highest BCUT2D eigenvalue weighted by molar-refractivity contribution is 6.30. The Hall–Kier alpha value is -0.570. The van der Waals surface area contributed by atoms with Gasteiger partial charge in [-0.25, -0.2) is 0 Å². The predicted molar refractivity (Wildman–Crippen MR) is 71.5 cm³/mol. The van der Waals surface area contributed by atoms with Crippen LogP contribution in [0.5, 0.6) is 0 Å². The lowest BCUT2D eigenvalue weighted by atomic mass is 9.88. The smallest absolute Gasteiger partial charge is 0.0554 e. The largest absolute Gasteiger partial charge is 0.380 e. The van der Waals surface area contributed by atoms with Crippen molar-refractivity contribution in [2.75, 3.05) is 19.8 Å². The van der Waals surface area contributed by atoms with Gasteiger partial charge in [-0.1, -0.05) is 30.7 Å². The number of benzene rings is 1. The molecule has 17 heavy (non-hydrogen) atoms. The van der Waals surface area contributed by atoms with Crippen LogP contribution < -0.4 is 5.32 Å². The number of halogens is 1. The first kappa shape index (κ1) is 12.9. The molecule has 3 heteroatoms. The number of nitrogens with one attached hydrogen (secondary N) is 1. The summed E-state index contributed by atoms with van der Waals surface area (Å²) in [4.78, 5) is 0. The second kappa shape index (κ2) is 5.38. The number of hydrogen-bond acceptors (Lipinski definition) is 2. The molecule has 0 aliphatic carbocycles. The van der Waals surface area contributed by atoms with Gasteiger partial charge in [-0.3, -0.25) is 0 Å². The van der Waals surface area contributed by atoms with E-state index in [0.717, 1.165) is 31.2 Å². The molecule has 1 aromatic carbocycles. The van der Waals surface area contributed by atoms with Crippen molar-refractivity contribution in [1.82, 2.24) is 5.32 Å². The van der Waals surface area contributed by atoms with Gasteiger partial charge >= 0.3 is 0 Å². The minimum absolute atomic E-state index is 0.336. The summed E-state index contributed by atoms with van der Waals surface area (Å²) in [5, 5.41) is 4.38. The van der Waals surface area contributed by atoms with Crippen LogP contribution in [0.25, 0.3) is 0 Å². The molecule has 94 valence electrons. The molecule has 0 saturated carbocycles. The zero-order valence-corrected chi connectivity index (χ0v) is 11.3. The Morgan fingerprint density at radius 3 is 2.82 bits per heavy atom. The monoisotopic (exact) mass is 253 g/mol. The first-order chi connectivity index (χ1) is 8.07. The van der Waals surface area contributed by atoms with Crippen LogP contribution in [0.4, 0.5) is 0 Å². The highest BCUT2D eigenvalue weighted by Crippen LogP contribution is 2.25. The summed E-state index contributed by atoms with van der Waals surface area (Å²) in [5.41, 5.74) is 1.62. The molecule has 0 amide bonds. The maximum Gasteiger partial charge on any atom is 0.0554 e. The predicted octanol–water partition coefficient (Wildman–Crippen LogP) is 2.90. The molecule has 1 heterocycles. The summed E-state index contributed by atoms with van der Waals surface area (Å²) >= 11 is 5.97. The van der Waals surface area contributed by atoms with Crippen LogP contribution in [-0.4, -0.2) is 25.8 Å². The van der Waals surface area contributed by atoms with Gasteiger partial charge in [0.15, 0.2) is 0 Å². The van der Waals surface area contributed by atoms with Crippen molar-refractivity contribution in [2.45, 2.75) is 26.3 Å². The average Bonchev–Trinajstić information content (AvgIpc) is 2.24. The maximum absolute atomic E-state index is 5.97. The second-order valence-corrected chi connectivity index (χ2v) is 5.86. The van der Waals surface area contributed by atoms with Gasteiger partial charge in [0.25, 0.3) is 0 Å². The molecule has 1 aromatic rings. The zero-order valence-electron chi connectivity index (χ0n) is 10.5. The van der Waals surface area contributed by atoms with E-state index < -0.39 is 0 Å². The lowest BCUT2D eigenvalue weighted by Gasteiger charge is -2.39. The topological polar surface area (TPSA) is 21.3 Å². The van der Waals surface area contributed by atoms with Gasteiger partial charge in [-0.05, 0) is 31.0 Å². The van der Waals surface area contributed by atoms with E-state index in [2.05, 4.69) is 25.2 Å². The number of hydrogen-bond donors (Lipinski definition) is 1. The molecule has 1 N–H and O–H groups in total. The molecule has 1 unspecified atom stereocenters. The average molecular weight is 254 g/mol. The Kier molecular flexibility index (Phi) is 4.08. The van der Waals surface area contributed by atoms with Crippen molar-refractivity contribution in [3.8, 4) is 0 Å². The summed E-state index contributed by atoms with van der Waals surface area (Å²) in [7, 11) is 0. The van der Waals surface area contributed by atoms with Gasteiger partial charge in [-0.15, -0.1) is 0 Å². The fourth-order valence-electron chi connectivity index (χ4n) is 2.06. The van der Waals surface area contributed by atoms with Crippen LogP contribution in [-0.2, 0) is 11.2 Å². The third-order valence-corrected chi connectivity index (χ3v) is 3.44. The van der Waals surface area contributed by atoms with E-state index in [-0.39, 0.29) is 0 Å². The first-order valence-electron chi connectivity index (χ1n) is 6.13. The van der Waals surface area contributed by atoms with Crippen molar-refractivity contribution in [2.24, 2.45) is 5.41 Å². The van der Waals surface area contributed by atoms with E-state index in [9.17, 15) is 0 Å². The van der Waals surface area contributed by atoms with E-state index in [4.69, 9.17) is 16.3 Å². The minimum atomic E-state index is 0.336. The Morgan fingerprint density at radius 1 is 1.47 bits per heavy atom. The van der Waals surface area contributed by atoms with Crippen LogP contribution in [0, 0.1) is 5.41 Å². The molecule has 0 spiro atoms. The first-order valence-corrected chi connectivity index (χ1v) is 6.51. The molecule has 1 aliphatic heterocycles. The molecule has 1 fully saturated rings. The van der Waals surface area contributed by atoms with E-state index in [1.807, 2.05) is 18.2 Å². The fraction of sp³-hybridized carbons (Fsp3) is 0.571. The Morgan fingerprint density at radius 2 is 2.24 bits per heavy atom. The standard InChI is InChI=1S/C14H20ClNO/c1-11(16-8-14(2)9-17-10-14)6-12-4-3-5-13(15)7-12/h3-5,7,11,16H,6,8-10H2,1-2H3. The molecule has 2 nitrogen and oxygen atoms in total. The van der Waals surface area contributed by atoms with Crippen molar-refractivity contribution in [3.05, 3.63) is 34.9 Å². The Labute approximate surface area is 108 Å². The highest BCUT2D eigenvalue weighted by Gasteiger charge is 2.33. The number of rotatable bonds is 5. The summed E-state index contributed by atoms with van der Waals surface area (Å²) in [6, 6.07) is 8.54. The third-order valence-electron chi connectivity index (χ3n) is 3.21. The zero-order chi connectivity index (χ0) is 12.3. The molecule has 1 saturated heterocycles.